The molecule has 0 amide bonds. The van der Waals surface area contributed by atoms with Crippen LogP contribution in [0, 0.1) is 17.2 Å². The molecule has 0 radical (unpaired) electrons. The number of rotatable bonds is 5. The summed E-state index contributed by atoms with van der Waals surface area (Å²) >= 11 is 0. The summed E-state index contributed by atoms with van der Waals surface area (Å²) in [5.41, 5.74) is 0. The lowest BCUT2D eigenvalue weighted by Gasteiger charge is -2.18. The van der Waals surface area contributed by atoms with Gasteiger partial charge in [0, 0.05) is 25.6 Å². The van der Waals surface area contributed by atoms with E-state index >= 15 is 0 Å². The van der Waals surface area contributed by atoms with Gasteiger partial charge in [0.05, 0.1) is 12.7 Å². The standard InChI is InChI=1S/C10H19N3O/c1-13(2)5-4-12-10(7-11)9-3-6-14-8-9/h9-10,12H,3-6,8H2,1-2H3. The van der Waals surface area contributed by atoms with Crippen molar-refractivity contribution in [3.63, 3.8) is 0 Å². The Morgan fingerprint density at radius 2 is 2.43 bits per heavy atom. The number of likely N-dealkylation sites (N-methyl/N-ethyl adjacent to an activating group) is 1. The number of nitriles is 1. The molecule has 1 N–H and O–H groups in total. The van der Waals surface area contributed by atoms with E-state index in [4.69, 9.17) is 10.00 Å². The van der Waals surface area contributed by atoms with Gasteiger partial charge in [-0.1, -0.05) is 0 Å². The van der Waals surface area contributed by atoms with Crippen LogP contribution in [-0.2, 0) is 4.74 Å². The summed E-state index contributed by atoms with van der Waals surface area (Å²) in [6, 6.07) is 2.26. The number of hydrogen-bond acceptors (Lipinski definition) is 4. The van der Waals surface area contributed by atoms with Crippen molar-refractivity contribution in [3.8, 4) is 6.07 Å². The Hall–Kier alpha value is -0.630. The van der Waals surface area contributed by atoms with Crippen LogP contribution in [0.4, 0.5) is 0 Å². The predicted molar refractivity (Wildman–Crippen MR) is 54.9 cm³/mol. The molecular weight excluding hydrogens is 178 g/mol. The minimum absolute atomic E-state index is 0.0440. The summed E-state index contributed by atoms with van der Waals surface area (Å²) in [4.78, 5) is 2.10. The van der Waals surface area contributed by atoms with Crippen molar-refractivity contribution in [2.45, 2.75) is 12.5 Å². The number of hydrogen-bond donors (Lipinski definition) is 1. The van der Waals surface area contributed by atoms with Crippen LogP contribution < -0.4 is 5.32 Å². The number of ether oxygens (including phenoxy) is 1. The molecule has 0 aromatic rings. The van der Waals surface area contributed by atoms with Crippen LogP contribution in [0.25, 0.3) is 0 Å². The second-order valence-electron chi connectivity index (χ2n) is 3.99. The van der Waals surface area contributed by atoms with Crippen molar-refractivity contribution in [2.24, 2.45) is 5.92 Å². The van der Waals surface area contributed by atoms with Crippen LogP contribution in [0.5, 0.6) is 0 Å². The molecule has 14 heavy (non-hydrogen) atoms. The fraction of sp³-hybridized carbons (Fsp3) is 0.900. The third-order valence-corrected chi connectivity index (χ3v) is 2.50. The molecule has 1 aliphatic rings. The summed E-state index contributed by atoms with van der Waals surface area (Å²) in [7, 11) is 4.06. The molecule has 1 aliphatic heterocycles. The number of nitrogens with one attached hydrogen (secondary N) is 1. The molecule has 1 saturated heterocycles. The average Bonchev–Trinajstić information content (AvgIpc) is 2.64. The van der Waals surface area contributed by atoms with Gasteiger partial charge in [0.25, 0.3) is 0 Å². The van der Waals surface area contributed by atoms with E-state index < -0.39 is 0 Å². The first-order valence-corrected chi connectivity index (χ1v) is 5.09. The quantitative estimate of drug-likeness (QED) is 0.677. The van der Waals surface area contributed by atoms with Crippen molar-refractivity contribution in [3.05, 3.63) is 0 Å². The van der Waals surface area contributed by atoms with E-state index in [0.717, 1.165) is 32.7 Å². The third-order valence-electron chi connectivity index (χ3n) is 2.50. The minimum atomic E-state index is -0.0440. The lowest BCUT2D eigenvalue weighted by atomic mass is 10.0. The molecule has 1 heterocycles. The summed E-state index contributed by atoms with van der Waals surface area (Å²) in [6.45, 7) is 3.36. The van der Waals surface area contributed by atoms with Crippen molar-refractivity contribution in [1.82, 2.24) is 10.2 Å². The second kappa shape index (κ2) is 5.97. The summed E-state index contributed by atoms with van der Waals surface area (Å²) in [5.74, 6) is 0.377. The first-order chi connectivity index (χ1) is 6.74. The van der Waals surface area contributed by atoms with Gasteiger partial charge in [-0.15, -0.1) is 0 Å². The van der Waals surface area contributed by atoms with E-state index in [2.05, 4.69) is 16.3 Å². The molecule has 2 unspecified atom stereocenters. The van der Waals surface area contributed by atoms with Crippen molar-refractivity contribution < 1.29 is 4.74 Å². The van der Waals surface area contributed by atoms with Gasteiger partial charge in [-0.05, 0) is 20.5 Å². The molecule has 1 fully saturated rings. The average molecular weight is 197 g/mol. The third kappa shape index (κ3) is 3.62. The lowest BCUT2D eigenvalue weighted by Crippen LogP contribution is -2.39. The predicted octanol–water partition coefficient (Wildman–Crippen LogP) is 0.0663. The molecule has 80 valence electrons. The minimum Gasteiger partial charge on any atom is -0.381 e. The highest BCUT2D eigenvalue weighted by molar-refractivity contribution is 4.96. The van der Waals surface area contributed by atoms with Crippen LogP contribution in [0.3, 0.4) is 0 Å². The van der Waals surface area contributed by atoms with E-state index in [9.17, 15) is 0 Å². The monoisotopic (exact) mass is 197 g/mol. The summed E-state index contributed by atoms with van der Waals surface area (Å²) in [6.07, 6.45) is 1.01. The largest absolute Gasteiger partial charge is 0.381 e. The van der Waals surface area contributed by atoms with Gasteiger partial charge < -0.3 is 15.0 Å². The Morgan fingerprint density at radius 1 is 1.64 bits per heavy atom. The van der Waals surface area contributed by atoms with Gasteiger partial charge in [-0.2, -0.15) is 5.26 Å². The van der Waals surface area contributed by atoms with Crippen LogP contribution in [0.2, 0.25) is 0 Å². The Kier molecular flexibility index (Phi) is 4.88. The topological polar surface area (TPSA) is 48.3 Å². The zero-order valence-corrected chi connectivity index (χ0v) is 8.99. The molecule has 0 aromatic heterocycles. The Labute approximate surface area is 85.8 Å². The van der Waals surface area contributed by atoms with Gasteiger partial charge in [0.2, 0.25) is 0 Å². The van der Waals surface area contributed by atoms with Crippen LogP contribution >= 0.6 is 0 Å². The smallest absolute Gasteiger partial charge is 0.100 e. The Morgan fingerprint density at radius 3 is 2.93 bits per heavy atom. The van der Waals surface area contributed by atoms with Gasteiger partial charge in [0.1, 0.15) is 6.04 Å². The molecule has 0 bridgehead atoms. The first kappa shape index (κ1) is 11.4. The fourth-order valence-electron chi connectivity index (χ4n) is 1.58. The van der Waals surface area contributed by atoms with E-state index in [1.807, 2.05) is 14.1 Å². The van der Waals surface area contributed by atoms with Crippen LogP contribution in [0.1, 0.15) is 6.42 Å². The van der Waals surface area contributed by atoms with Crippen molar-refractivity contribution in [2.75, 3.05) is 40.4 Å². The highest BCUT2D eigenvalue weighted by Gasteiger charge is 2.24. The molecule has 4 heteroatoms. The molecule has 4 nitrogen and oxygen atoms in total. The number of nitrogens with zero attached hydrogens (tertiary/aromatic N) is 2. The van der Waals surface area contributed by atoms with Crippen LogP contribution in [-0.4, -0.2) is 51.3 Å². The maximum atomic E-state index is 8.97. The maximum Gasteiger partial charge on any atom is 0.100 e. The fourth-order valence-corrected chi connectivity index (χ4v) is 1.58. The first-order valence-electron chi connectivity index (χ1n) is 5.09. The van der Waals surface area contributed by atoms with Gasteiger partial charge in [-0.25, -0.2) is 0 Å². The highest BCUT2D eigenvalue weighted by Crippen LogP contribution is 2.15. The molecule has 1 rings (SSSR count). The van der Waals surface area contributed by atoms with Gasteiger partial charge in [-0.3, -0.25) is 0 Å². The van der Waals surface area contributed by atoms with Crippen molar-refractivity contribution in [1.29, 1.82) is 5.26 Å². The lowest BCUT2D eigenvalue weighted by molar-refractivity contribution is 0.181. The van der Waals surface area contributed by atoms with Gasteiger partial charge in [0.15, 0.2) is 0 Å². The maximum absolute atomic E-state index is 8.97. The highest BCUT2D eigenvalue weighted by atomic mass is 16.5. The molecule has 2 atom stereocenters. The molecule has 0 aromatic carbocycles. The van der Waals surface area contributed by atoms with Crippen molar-refractivity contribution >= 4 is 0 Å². The Bertz CT molecular complexity index is 194. The molecular formula is C10H19N3O. The Balaban J connectivity index is 2.21. The van der Waals surface area contributed by atoms with Crippen LogP contribution in [0.15, 0.2) is 0 Å². The van der Waals surface area contributed by atoms with E-state index in [0.29, 0.717) is 5.92 Å². The van der Waals surface area contributed by atoms with Gasteiger partial charge >= 0.3 is 0 Å². The normalized spacial score (nSPS) is 23.7. The zero-order chi connectivity index (χ0) is 10.4. The molecule has 0 aliphatic carbocycles. The zero-order valence-electron chi connectivity index (χ0n) is 8.99. The van der Waals surface area contributed by atoms with E-state index in [1.54, 1.807) is 0 Å². The molecule has 0 saturated carbocycles. The summed E-state index contributed by atoms with van der Waals surface area (Å²) in [5, 5.41) is 12.2. The van der Waals surface area contributed by atoms with E-state index in [-0.39, 0.29) is 6.04 Å². The molecule has 0 spiro atoms. The van der Waals surface area contributed by atoms with E-state index in [1.165, 1.54) is 0 Å². The second-order valence-corrected chi connectivity index (χ2v) is 3.99. The SMILES string of the molecule is CN(C)CCNC(C#N)C1CCOC1. The summed E-state index contributed by atoms with van der Waals surface area (Å²) < 4.78 is 5.27.